The van der Waals surface area contributed by atoms with Crippen molar-refractivity contribution >= 4 is 18.1 Å². The van der Waals surface area contributed by atoms with Crippen molar-refractivity contribution in [1.29, 1.82) is 0 Å². The number of rotatable bonds is 4. The van der Waals surface area contributed by atoms with Crippen LogP contribution in [0.25, 0.3) is 12.3 Å². The Hall–Kier alpha value is -3.15. The zero-order valence-corrected chi connectivity index (χ0v) is 14.2. The number of fused-ring (bicyclic) bond motifs is 1. The lowest BCUT2D eigenvalue weighted by Crippen LogP contribution is -2.29. The first-order valence-corrected chi connectivity index (χ1v) is 7.61. The van der Waals surface area contributed by atoms with Gasteiger partial charge in [-0.15, -0.1) is 0 Å². The predicted molar refractivity (Wildman–Crippen MR) is 92.7 cm³/mol. The SMILES string of the molecule is COc1ccc([C@H]2Oc3c/c(=C/[OH2+])cc(OC)c3=CC2=O)cc1OC. The molecule has 2 aromatic rings. The fourth-order valence-electron chi connectivity index (χ4n) is 2.76. The Labute approximate surface area is 144 Å². The lowest BCUT2D eigenvalue weighted by atomic mass is 10.0. The Balaban J connectivity index is 2.08. The van der Waals surface area contributed by atoms with Crippen molar-refractivity contribution in [1.82, 2.24) is 0 Å². The monoisotopic (exact) mass is 343 g/mol. The summed E-state index contributed by atoms with van der Waals surface area (Å²) in [7, 11) is 4.60. The summed E-state index contributed by atoms with van der Waals surface area (Å²) in [6, 6.07) is 8.62. The van der Waals surface area contributed by atoms with Gasteiger partial charge in [0.25, 0.3) is 0 Å². The van der Waals surface area contributed by atoms with Crippen molar-refractivity contribution in [2.45, 2.75) is 6.10 Å². The molecule has 0 unspecified atom stereocenters. The second kappa shape index (κ2) is 6.76. The minimum absolute atomic E-state index is 0.194. The lowest BCUT2D eigenvalue weighted by molar-refractivity contribution is -0.120. The number of Topliss-reactive ketones (excluding diaryl/α,β-unsaturated/α-hetero) is 1. The van der Waals surface area contributed by atoms with Crippen LogP contribution < -0.4 is 29.4 Å². The molecule has 0 saturated heterocycles. The van der Waals surface area contributed by atoms with Gasteiger partial charge in [0.1, 0.15) is 11.5 Å². The average molecular weight is 343 g/mol. The molecule has 0 fully saturated rings. The number of hydrogen-bond donors (Lipinski definition) is 0. The van der Waals surface area contributed by atoms with Gasteiger partial charge in [0, 0.05) is 11.6 Å². The zero-order valence-electron chi connectivity index (χ0n) is 14.2. The normalized spacial score (nSPS) is 16.5. The van der Waals surface area contributed by atoms with Crippen molar-refractivity contribution < 1.29 is 28.8 Å². The van der Waals surface area contributed by atoms with Gasteiger partial charge in [-0.05, 0) is 24.3 Å². The minimum Gasteiger partial charge on any atom is -0.598 e. The van der Waals surface area contributed by atoms with Crippen LogP contribution in [0.2, 0.25) is 0 Å². The van der Waals surface area contributed by atoms with E-state index in [1.165, 1.54) is 26.6 Å². The molecule has 1 aliphatic heterocycles. The van der Waals surface area contributed by atoms with Gasteiger partial charge in [-0.25, -0.2) is 0 Å². The highest BCUT2D eigenvalue weighted by atomic mass is 16.5. The molecular formula is C19H19O6+. The largest absolute Gasteiger partial charge is 0.598 e. The van der Waals surface area contributed by atoms with Gasteiger partial charge in [-0.2, -0.15) is 0 Å². The van der Waals surface area contributed by atoms with Crippen molar-refractivity contribution in [3.8, 4) is 23.0 Å². The quantitative estimate of drug-likeness (QED) is 0.762. The molecule has 130 valence electrons. The van der Waals surface area contributed by atoms with E-state index in [0.717, 1.165) is 0 Å². The molecule has 2 N–H and O–H groups in total. The van der Waals surface area contributed by atoms with Gasteiger partial charge in [-0.3, -0.25) is 4.79 Å². The fourth-order valence-corrected chi connectivity index (χ4v) is 2.76. The third-order valence-corrected chi connectivity index (χ3v) is 4.01. The van der Waals surface area contributed by atoms with E-state index in [1.807, 2.05) is 0 Å². The van der Waals surface area contributed by atoms with Crippen LogP contribution in [0.3, 0.4) is 0 Å². The van der Waals surface area contributed by atoms with Crippen LogP contribution in [0.4, 0.5) is 0 Å². The summed E-state index contributed by atoms with van der Waals surface area (Å²) in [6.45, 7) is 0. The summed E-state index contributed by atoms with van der Waals surface area (Å²) < 4.78 is 21.8. The third-order valence-electron chi connectivity index (χ3n) is 4.01. The first kappa shape index (κ1) is 16.7. The number of ketones is 1. The second-order valence-corrected chi connectivity index (χ2v) is 5.44. The van der Waals surface area contributed by atoms with Crippen LogP contribution in [0, 0.1) is 0 Å². The summed E-state index contributed by atoms with van der Waals surface area (Å²) in [5.41, 5.74) is 0.656. The third kappa shape index (κ3) is 2.98. The highest BCUT2D eigenvalue weighted by molar-refractivity contribution is 6.10. The Kier molecular flexibility index (Phi) is 4.52. The van der Waals surface area contributed by atoms with Crippen LogP contribution in [-0.2, 0) is 4.79 Å². The first-order valence-electron chi connectivity index (χ1n) is 7.61. The van der Waals surface area contributed by atoms with Crippen LogP contribution in [0.15, 0.2) is 30.3 Å². The van der Waals surface area contributed by atoms with Crippen LogP contribution in [0.1, 0.15) is 11.7 Å². The Morgan fingerprint density at radius 1 is 1.00 bits per heavy atom. The molecule has 1 heterocycles. The van der Waals surface area contributed by atoms with E-state index in [9.17, 15) is 4.79 Å². The number of benzene rings is 2. The molecular weight excluding hydrogens is 324 g/mol. The number of ether oxygens (including phenoxy) is 4. The van der Waals surface area contributed by atoms with E-state index in [1.54, 1.807) is 37.4 Å². The van der Waals surface area contributed by atoms with Crippen molar-refractivity contribution in [2.75, 3.05) is 21.3 Å². The molecule has 1 atom stereocenters. The minimum atomic E-state index is -0.794. The molecule has 0 spiro atoms. The maximum atomic E-state index is 12.6. The molecule has 0 amide bonds. The summed E-state index contributed by atoms with van der Waals surface area (Å²) in [5.74, 6) is 1.90. The fraction of sp³-hybridized carbons (Fsp3) is 0.211. The number of carbonyl (C=O) groups is 1. The molecule has 3 rings (SSSR count). The van der Waals surface area contributed by atoms with Gasteiger partial charge in [0.2, 0.25) is 12.0 Å². The van der Waals surface area contributed by atoms with E-state index in [0.29, 0.717) is 39.0 Å². The number of methoxy groups -OCH3 is 3. The van der Waals surface area contributed by atoms with Gasteiger partial charge in [0.05, 0.1) is 31.8 Å². The van der Waals surface area contributed by atoms with E-state index in [4.69, 9.17) is 24.1 Å². The Morgan fingerprint density at radius 3 is 2.36 bits per heavy atom. The molecule has 6 nitrogen and oxygen atoms in total. The molecule has 0 radical (unpaired) electrons. The standard InChI is InChI=1S/C19H18O6/c1-22-15-5-4-12(8-18(15)24-3)19-14(21)9-13-16(23-2)6-11(10-20)7-17(13)25-19/h4-10,19-20H,1-3H3/p+1/b11-10+/t19-/m1/s1. The number of hydrogen-bond acceptors (Lipinski definition) is 5. The summed E-state index contributed by atoms with van der Waals surface area (Å²) >= 11 is 0. The van der Waals surface area contributed by atoms with Gasteiger partial charge in [-0.1, -0.05) is 6.07 Å². The van der Waals surface area contributed by atoms with Crippen molar-refractivity contribution in [3.05, 3.63) is 46.3 Å². The highest BCUT2D eigenvalue weighted by Gasteiger charge is 2.27. The molecule has 0 aliphatic carbocycles. The van der Waals surface area contributed by atoms with E-state index in [2.05, 4.69) is 0 Å². The molecule has 1 aliphatic rings. The maximum Gasteiger partial charge on any atom is 0.224 e. The maximum absolute atomic E-state index is 12.6. The number of carbonyl (C=O) groups excluding carboxylic acids is 1. The van der Waals surface area contributed by atoms with Gasteiger partial charge in [0.15, 0.2) is 17.6 Å². The molecule has 6 heteroatoms. The van der Waals surface area contributed by atoms with E-state index < -0.39 is 6.10 Å². The summed E-state index contributed by atoms with van der Waals surface area (Å²) in [4.78, 5) is 12.6. The van der Waals surface area contributed by atoms with E-state index >= 15 is 0 Å². The second-order valence-electron chi connectivity index (χ2n) is 5.44. The van der Waals surface area contributed by atoms with Crippen molar-refractivity contribution in [2.24, 2.45) is 0 Å². The first-order chi connectivity index (χ1) is 12.1. The smallest absolute Gasteiger partial charge is 0.224 e. The van der Waals surface area contributed by atoms with E-state index in [-0.39, 0.29) is 5.78 Å². The van der Waals surface area contributed by atoms with Crippen LogP contribution >= 0.6 is 0 Å². The molecule has 0 aromatic heterocycles. The lowest BCUT2D eigenvalue weighted by Gasteiger charge is -2.22. The molecule has 2 aromatic carbocycles. The Bertz CT molecular complexity index is 932. The Morgan fingerprint density at radius 2 is 1.72 bits per heavy atom. The highest BCUT2D eigenvalue weighted by Crippen LogP contribution is 2.33. The molecule has 0 bridgehead atoms. The van der Waals surface area contributed by atoms with Gasteiger partial charge >= 0.3 is 0 Å². The van der Waals surface area contributed by atoms with Crippen LogP contribution in [0.5, 0.6) is 23.0 Å². The summed E-state index contributed by atoms with van der Waals surface area (Å²) in [5, 5.41) is 8.65. The van der Waals surface area contributed by atoms with Crippen LogP contribution in [-0.4, -0.2) is 32.2 Å². The average Bonchev–Trinajstić information content (AvgIpc) is 2.66. The van der Waals surface area contributed by atoms with Crippen molar-refractivity contribution in [3.63, 3.8) is 0 Å². The summed E-state index contributed by atoms with van der Waals surface area (Å²) in [6.07, 6.45) is 1.92. The predicted octanol–water partition coefficient (Wildman–Crippen LogP) is 0.658. The topological polar surface area (TPSA) is 76.9 Å². The molecule has 25 heavy (non-hydrogen) atoms. The van der Waals surface area contributed by atoms with Gasteiger partial charge < -0.3 is 24.1 Å². The molecule has 0 saturated carbocycles. The zero-order chi connectivity index (χ0) is 18.0.